The van der Waals surface area contributed by atoms with E-state index in [4.69, 9.17) is 5.73 Å². The molecule has 0 radical (unpaired) electrons. The quantitative estimate of drug-likeness (QED) is 0.823. The van der Waals surface area contributed by atoms with Crippen molar-refractivity contribution >= 4 is 5.69 Å². The van der Waals surface area contributed by atoms with Gasteiger partial charge in [0, 0.05) is 18.8 Å². The SMILES string of the molecule is NCc1cccc(-c2ccc3c(c2)CCN3)c1. The Morgan fingerprint density at radius 1 is 1.06 bits per heavy atom. The Bertz CT molecular complexity index is 546. The van der Waals surface area contributed by atoms with Crippen molar-refractivity contribution in [3.63, 3.8) is 0 Å². The van der Waals surface area contributed by atoms with Gasteiger partial charge in [-0.2, -0.15) is 0 Å². The number of hydrogen-bond donors (Lipinski definition) is 2. The fourth-order valence-electron chi connectivity index (χ4n) is 2.36. The lowest BCUT2D eigenvalue weighted by molar-refractivity contribution is 1.07. The molecule has 0 aromatic heterocycles. The molecule has 0 fully saturated rings. The van der Waals surface area contributed by atoms with E-state index in [0.29, 0.717) is 6.54 Å². The van der Waals surface area contributed by atoms with E-state index in [2.05, 4.69) is 47.8 Å². The van der Waals surface area contributed by atoms with E-state index in [1.165, 1.54) is 27.9 Å². The molecule has 0 atom stereocenters. The molecule has 86 valence electrons. The van der Waals surface area contributed by atoms with Crippen molar-refractivity contribution in [1.29, 1.82) is 0 Å². The topological polar surface area (TPSA) is 38.0 Å². The molecule has 0 unspecified atom stereocenters. The minimum atomic E-state index is 0.598. The Kier molecular flexibility index (Phi) is 2.57. The van der Waals surface area contributed by atoms with Crippen LogP contribution >= 0.6 is 0 Å². The molecule has 0 spiro atoms. The highest BCUT2D eigenvalue weighted by atomic mass is 14.9. The Balaban J connectivity index is 2.03. The van der Waals surface area contributed by atoms with Gasteiger partial charge in [0.05, 0.1) is 0 Å². The van der Waals surface area contributed by atoms with E-state index in [-0.39, 0.29) is 0 Å². The van der Waals surface area contributed by atoms with Crippen molar-refractivity contribution in [2.45, 2.75) is 13.0 Å². The molecule has 0 saturated carbocycles. The fraction of sp³-hybridized carbons (Fsp3) is 0.200. The van der Waals surface area contributed by atoms with E-state index in [1.807, 2.05) is 0 Å². The van der Waals surface area contributed by atoms with Gasteiger partial charge in [0.15, 0.2) is 0 Å². The van der Waals surface area contributed by atoms with Crippen LogP contribution in [-0.4, -0.2) is 6.54 Å². The first kappa shape index (κ1) is 10.4. The molecule has 1 aliphatic heterocycles. The van der Waals surface area contributed by atoms with E-state index in [1.54, 1.807) is 0 Å². The zero-order valence-electron chi connectivity index (χ0n) is 9.74. The van der Waals surface area contributed by atoms with Gasteiger partial charge in [-0.15, -0.1) is 0 Å². The summed E-state index contributed by atoms with van der Waals surface area (Å²) in [6, 6.07) is 15.1. The van der Waals surface area contributed by atoms with Crippen LogP contribution in [0, 0.1) is 0 Å². The third kappa shape index (κ3) is 1.92. The highest BCUT2D eigenvalue weighted by molar-refractivity contribution is 5.70. The zero-order valence-corrected chi connectivity index (χ0v) is 9.74. The molecule has 2 aromatic rings. The predicted molar refractivity (Wildman–Crippen MR) is 72.0 cm³/mol. The van der Waals surface area contributed by atoms with Crippen LogP contribution in [0.1, 0.15) is 11.1 Å². The van der Waals surface area contributed by atoms with Crippen molar-refractivity contribution in [1.82, 2.24) is 0 Å². The predicted octanol–water partition coefficient (Wildman–Crippen LogP) is 2.78. The van der Waals surface area contributed by atoms with Crippen LogP contribution in [0.3, 0.4) is 0 Å². The first-order valence-electron chi connectivity index (χ1n) is 6.03. The van der Waals surface area contributed by atoms with Gasteiger partial charge in [0.1, 0.15) is 0 Å². The molecule has 17 heavy (non-hydrogen) atoms. The summed E-state index contributed by atoms with van der Waals surface area (Å²) in [4.78, 5) is 0. The maximum Gasteiger partial charge on any atom is 0.0373 e. The van der Waals surface area contributed by atoms with Crippen LogP contribution in [-0.2, 0) is 13.0 Å². The van der Waals surface area contributed by atoms with Gasteiger partial charge in [-0.25, -0.2) is 0 Å². The number of fused-ring (bicyclic) bond motifs is 1. The molecule has 3 rings (SSSR count). The maximum absolute atomic E-state index is 5.68. The summed E-state index contributed by atoms with van der Waals surface area (Å²) in [6.45, 7) is 1.65. The van der Waals surface area contributed by atoms with Crippen LogP contribution in [0.2, 0.25) is 0 Å². The summed E-state index contributed by atoms with van der Waals surface area (Å²) in [5.41, 5.74) is 12.1. The second-order valence-electron chi connectivity index (χ2n) is 4.45. The minimum absolute atomic E-state index is 0.598. The molecule has 2 nitrogen and oxygen atoms in total. The Hall–Kier alpha value is -1.80. The van der Waals surface area contributed by atoms with Crippen LogP contribution < -0.4 is 11.1 Å². The molecule has 0 aliphatic carbocycles. The van der Waals surface area contributed by atoms with Gasteiger partial charge in [0.2, 0.25) is 0 Å². The lowest BCUT2D eigenvalue weighted by Crippen LogP contribution is -1.95. The molecular weight excluding hydrogens is 208 g/mol. The van der Waals surface area contributed by atoms with Crippen LogP contribution in [0.25, 0.3) is 11.1 Å². The Morgan fingerprint density at radius 2 is 1.94 bits per heavy atom. The highest BCUT2D eigenvalue weighted by Gasteiger charge is 2.10. The van der Waals surface area contributed by atoms with Gasteiger partial charge in [-0.3, -0.25) is 0 Å². The molecule has 0 bridgehead atoms. The fourth-order valence-corrected chi connectivity index (χ4v) is 2.36. The lowest BCUT2D eigenvalue weighted by atomic mass is 10.00. The van der Waals surface area contributed by atoms with E-state index in [9.17, 15) is 0 Å². The highest BCUT2D eigenvalue weighted by Crippen LogP contribution is 2.28. The van der Waals surface area contributed by atoms with E-state index >= 15 is 0 Å². The van der Waals surface area contributed by atoms with Gasteiger partial charge in [-0.1, -0.05) is 24.3 Å². The number of hydrogen-bond acceptors (Lipinski definition) is 2. The van der Waals surface area contributed by atoms with Gasteiger partial charge in [-0.05, 0) is 46.9 Å². The minimum Gasteiger partial charge on any atom is -0.384 e. The molecule has 1 aliphatic rings. The van der Waals surface area contributed by atoms with Crippen LogP contribution in [0.15, 0.2) is 42.5 Å². The molecular formula is C15H16N2. The van der Waals surface area contributed by atoms with Crippen LogP contribution in [0.5, 0.6) is 0 Å². The maximum atomic E-state index is 5.68. The molecule has 0 saturated heterocycles. The summed E-state index contributed by atoms with van der Waals surface area (Å²) >= 11 is 0. The van der Waals surface area contributed by atoms with Crippen LogP contribution in [0.4, 0.5) is 5.69 Å². The summed E-state index contributed by atoms with van der Waals surface area (Å²) < 4.78 is 0. The normalized spacial score (nSPS) is 13.2. The summed E-state index contributed by atoms with van der Waals surface area (Å²) in [6.07, 6.45) is 1.12. The Morgan fingerprint density at radius 3 is 2.82 bits per heavy atom. The summed E-state index contributed by atoms with van der Waals surface area (Å²) in [5.74, 6) is 0. The summed E-state index contributed by atoms with van der Waals surface area (Å²) in [7, 11) is 0. The van der Waals surface area contributed by atoms with Crippen molar-refractivity contribution in [2.75, 3.05) is 11.9 Å². The average Bonchev–Trinajstić information content (AvgIpc) is 2.86. The molecule has 0 amide bonds. The van der Waals surface area contributed by atoms with Crippen molar-refractivity contribution in [3.05, 3.63) is 53.6 Å². The second-order valence-corrected chi connectivity index (χ2v) is 4.45. The first-order chi connectivity index (χ1) is 8.36. The second kappa shape index (κ2) is 4.22. The first-order valence-corrected chi connectivity index (χ1v) is 6.03. The number of nitrogens with two attached hydrogens (primary N) is 1. The third-order valence-electron chi connectivity index (χ3n) is 3.31. The van der Waals surface area contributed by atoms with Crippen molar-refractivity contribution < 1.29 is 0 Å². The van der Waals surface area contributed by atoms with Crippen molar-refractivity contribution in [3.8, 4) is 11.1 Å². The van der Waals surface area contributed by atoms with Gasteiger partial charge >= 0.3 is 0 Å². The lowest BCUT2D eigenvalue weighted by Gasteiger charge is -2.06. The van der Waals surface area contributed by atoms with Crippen molar-refractivity contribution in [2.24, 2.45) is 5.73 Å². The van der Waals surface area contributed by atoms with E-state index < -0.39 is 0 Å². The zero-order chi connectivity index (χ0) is 11.7. The number of rotatable bonds is 2. The third-order valence-corrected chi connectivity index (χ3v) is 3.31. The monoisotopic (exact) mass is 224 g/mol. The number of nitrogens with one attached hydrogen (secondary N) is 1. The number of anilines is 1. The molecule has 1 heterocycles. The summed E-state index contributed by atoms with van der Waals surface area (Å²) in [5, 5.41) is 3.38. The van der Waals surface area contributed by atoms with E-state index in [0.717, 1.165) is 13.0 Å². The average molecular weight is 224 g/mol. The Labute approximate surface area is 101 Å². The molecule has 3 N–H and O–H groups in total. The molecule has 2 heteroatoms. The largest absolute Gasteiger partial charge is 0.384 e. The van der Waals surface area contributed by atoms with Gasteiger partial charge < -0.3 is 11.1 Å². The standard InChI is InChI=1S/C15H16N2/c16-10-11-2-1-3-12(8-11)13-4-5-15-14(9-13)6-7-17-15/h1-5,8-9,17H,6-7,10,16H2. The van der Waals surface area contributed by atoms with Gasteiger partial charge in [0.25, 0.3) is 0 Å². The number of benzene rings is 2. The smallest absolute Gasteiger partial charge is 0.0373 e. The molecule has 2 aromatic carbocycles.